The first kappa shape index (κ1) is 25.8. The molecule has 2 fully saturated rings. The van der Waals surface area contributed by atoms with Gasteiger partial charge in [-0.15, -0.1) is 24.0 Å². The van der Waals surface area contributed by atoms with E-state index in [2.05, 4.69) is 20.3 Å². The van der Waals surface area contributed by atoms with Crippen molar-refractivity contribution < 1.29 is 22.6 Å². The van der Waals surface area contributed by atoms with Crippen LogP contribution in [0.2, 0.25) is 0 Å². The second kappa shape index (κ2) is 14.7. The fraction of sp³-hybridized carbons (Fsp3) is 0.941. The van der Waals surface area contributed by atoms with Crippen LogP contribution >= 0.6 is 24.0 Å². The topological polar surface area (TPSA) is 110 Å². The number of guanidine groups is 1. The summed E-state index contributed by atoms with van der Waals surface area (Å²) >= 11 is 0. The van der Waals surface area contributed by atoms with E-state index in [0.29, 0.717) is 32.3 Å². The Morgan fingerprint density at radius 3 is 2.68 bits per heavy atom. The van der Waals surface area contributed by atoms with Gasteiger partial charge in [0.25, 0.3) is 0 Å². The number of nitrogens with zero attached hydrogens (tertiary/aromatic N) is 1. The van der Waals surface area contributed by atoms with Gasteiger partial charge in [0.15, 0.2) is 5.96 Å². The van der Waals surface area contributed by atoms with Crippen LogP contribution in [0.3, 0.4) is 0 Å². The Morgan fingerprint density at radius 1 is 1.18 bits per heavy atom. The minimum absolute atomic E-state index is 0. The minimum atomic E-state index is -3.33. The largest absolute Gasteiger partial charge is 0.379 e. The SMILES string of the molecule is CN=C(NCCCOC1CCOC1)NCCS(=O)(=O)NCC1CCCCO1.I. The average Bonchev–Trinajstić information content (AvgIpc) is 3.19. The molecule has 0 amide bonds. The molecule has 0 bridgehead atoms. The molecular weight excluding hydrogens is 499 g/mol. The quantitative estimate of drug-likeness (QED) is 0.153. The van der Waals surface area contributed by atoms with Crippen LogP contribution in [0, 0.1) is 0 Å². The molecule has 0 spiro atoms. The zero-order valence-corrected chi connectivity index (χ0v) is 19.8. The molecule has 28 heavy (non-hydrogen) atoms. The molecule has 2 unspecified atom stereocenters. The Morgan fingerprint density at radius 2 is 2.00 bits per heavy atom. The summed E-state index contributed by atoms with van der Waals surface area (Å²) in [4.78, 5) is 4.10. The maximum absolute atomic E-state index is 12.1. The molecule has 2 aliphatic rings. The third kappa shape index (κ3) is 11.1. The summed E-state index contributed by atoms with van der Waals surface area (Å²) < 4.78 is 43.3. The van der Waals surface area contributed by atoms with Crippen LogP contribution in [-0.2, 0) is 24.2 Å². The summed E-state index contributed by atoms with van der Waals surface area (Å²) in [5, 5.41) is 6.18. The van der Waals surface area contributed by atoms with E-state index in [4.69, 9.17) is 14.2 Å². The van der Waals surface area contributed by atoms with Gasteiger partial charge >= 0.3 is 0 Å². The van der Waals surface area contributed by atoms with Crippen molar-refractivity contribution in [2.75, 3.05) is 58.9 Å². The Balaban J connectivity index is 0.00000392. The highest BCUT2D eigenvalue weighted by Crippen LogP contribution is 2.11. The van der Waals surface area contributed by atoms with Crippen molar-refractivity contribution in [3.8, 4) is 0 Å². The minimum Gasteiger partial charge on any atom is -0.379 e. The number of nitrogens with one attached hydrogen (secondary N) is 3. The third-order valence-corrected chi connectivity index (χ3v) is 5.89. The van der Waals surface area contributed by atoms with Gasteiger partial charge in [0.05, 0.1) is 24.6 Å². The lowest BCUT2D eigenvalue weighted by molar-refractivity contribution is 0.0200. The summed E-state index contributed by atoms with van der Waals surface area (Å²) in [6.45, 7) is 4.20. The molecule has 9 nitrogen and oxygen atoms in total. The van der Waals surface area contributed by atoms with E-state index >= 15 is 0 Å². The summed E-state index contributed by atoms with van der Waals surface area (Å²) in [6.07, 6.45) is 5.09. The lowest BCUT2D eigenvalue weighted by atomic mass is 10.1. The Labute approximate surface area is 185 Å². The van der Waals surface area contributed by atoms with E-state index < -0.39 is 10.0 Å². The van der Waals surface area contributed by atoms with Gasteiger partial charge in [-0.1, -0.05) is 0 Å². The van der Waals surface area contributed by atoms with Gasteiger partial charge in [-0.25, -0.2) is 13.1 Å². The first-order valence-corrected chi connectivity index (χ1v) is 11.5. The molecule has 166 valence electrons. The molecule has 0 aromatic heterocycles. The second-order valence-electron chi connectivity index (χ2n) is 6.79. The van der Waals surface area contributed by atoms with Crippen LogP contribution in [0.5, 0.6) is 0 Å². The van der Waals surface area contributed by atoms with Gasteiger partial charge in [-0.3, -0.25) is 4.99 Å². The van der Waals surface area contributed by atoms with Crippen molar-refractivity contribution in [1.29, 1.82) is 0 Å². The maximum Gasteiger partial charge on any atom is 0.213 e. The van der Waals surface area contributed by atoms with Crippen molar-refractivity contribution in [2.45, 2.75) is 44.3 Å². The normalized spacial score (nSPS) is 23.2. The molecule has 2 aliphatic heterocycles. The number of rotatable bonds is 11. The first-order valence-electron chi connectivity index (χ1n) is 9.82. The lowest BCUT2D eigenvalue weighted by Gasteiger charge is -2.22. The van der Waals surface area contributed by atoms with Gasteiger partial charge in [0, 0.05) is 46.5 Å². The monoisotopic (exact) mass is 534 g/mol. The van der Waals surface area contributed by atoms with Gasteiger partial charge in [0.1, 0.15) is 0 Å². The predicted molar refractivity (Wildman–Crippen MR) is 120 cm³/mol. The van der Waals surface area contributed by atoms with E-state index in [0.717, 1.165) is 45.3 Å². The Hall–Kier alpha value is -0.210. The van der Waals surface area contributed by atoms with E-state index in [1.165, 1.54) is 0 Å². The van der Waals surface area contributed by atoms with Crippen LogP contribution in [-0.4, -0.2) is 85.4 Å². The van der Waals surface area contributed by atoms with Crippen molar-refractivity contribution >= 4 is 40.0 Å². The first-order chi connectivity index (χ1) is 13.1. The van der Waals surface area contributed by atoms with Crippen LogP contribution in [0.4, 0.5) is 0 Å². The zero-order chi connectivity index (χ0) is 19.4. The van der Waals surface area contributed by atoms with Crippen LogP contribution < -0.4 is 15.4 Å². The predicted octanol–water partition coefficient (Wildman–Crippen LogP) is 0.454. The zero-order valence-electron chi connectivity index (χ0n) is 16.7. The number of ether oxygens (including phenoxy) is 3. The molecule has 2 rings (SSSR count). The number of halogens is 1. The van der Waals surface area contributed by atoms with E-state index in [1.807, 2.05) is 0 Å². The van der Waals surface area contributed by atoms with Crippen molar-refractivity contribution in [2.24, 2.45) is 4.99 Å². The standard InChI is InChI=1S/C17H34N4O5S.HI/c1-18-17(19-7-4-10-26-16-6-11-24-14-16)20-8-12-27(22,23)21-13-15-5-2-3-9-25-15;/h15-16,21H,2-14H2,1H3,(H2,18,19,20);1H. The van der Waals surface area contributed by atoms with Gasteiger partial charge in [-0.05, 0) is 32.1 Å². The highest BCUT2D eigenvalue weighted by atomic mass is 127. The highest BCUT2D eigenvalue weighted by Gasteiger charge is 2.18. The average molecular weight is 534 g/mol. The van der Waals surface area contributed by atoms with Crippen molar-refractivity contribution in [3.63, 3.8) is 0 Å². The Kier molecular flexibility index (Phi) is 13.6. The molecular formula is C17H35IN4O5S. The summed E-state index contributed by atoms with van der Waals surface area (Å²) in [5.74, 6) is 0.579. The molecule has 3 N–H and O–H groups in total. The maximum atomic E-state index is 12.1. The van der Waals surface area contributed by atoms with Gasteiger partial charge in [0.2, 0.25) is 10.0 Å². The van der Waals surface area contributed by atoms with Crippen molar-refractivity contribution in [3.05, 3.63) is 0 Å². The lowest BCUT2D eigenvalue weighted by Crippen LogP contribution is -2.43. The molecule has 0 aromatic rings. The fourth-order valence-electron chi connectivity index (χ4n) is 2.96. The second-order valence-corrected chi connectivity index (χ2v) is 8.72. The molecule has 0 aliphatic carbocycles. The third-order valence-electron chi connectivity index (χ3n) is 4.55. The summed E-state index contributed by atoms with van der Waals surface area (Å²) in [7, 11) is -1.67. The Bertz CT molecular complexity index is 538. The molecule has 2 atom stereocenters. The molecule has 2 saturated heterocycles. The molecule has 0 saturated carbocycles. The van der Waals surface area contributed by atoms with Crippen molar-refractivity contribution in [1.82, 2.24) is 15.4 Å². The molecule has 11 heteroatoms. The van der Waals surface area contributed by atoms with Gasteiger partial charge < -0.3 is 24.8 Å². The van der Waals surface area contributed by atoms with E-state index in [9.17, 15) is 8.42 Å². The summed E-state index contributed by atoms with van der Waals surface area (Å²) in [5.41, 5.74) is 0. The highest BCUT2D eigenvalue weighted by molar-refractivity contribution is 14.0. The smallest absolute Gasteiger partial charge is 0.213 e. The van der Waals surface area contributed by atoms with E-state index in [-0.39, 0.29) is 48.5 Å². The number of hydrogen-bond donors (Lipinski definition) is 3. The van der Waals surface area contributed by atoms with Crippen LogP contribution in [0.15, 0.2) is 4.99 Å². The summed E-state index contributed by atoms with van der Waals surface area (Å²) in [6, 6.07) is 0. The number of aliphatic imine (C=N–C) groups is 1. The van der Waals surface area contributed by atoms with Crippen LogP contribution in [0.25, 0.3) is 0 Å². The molecule has 0 aromatic carbocycles. The van der Waals surface area contributed by atoms with Crippen LogP contribution in [0.1, 0.15) is 32.1 Å². The number of sulfonamides is 1. The molecule has 2 heterocycles. The van der Waals surface area contributed by atoms with Gasteiger partial charge in [-0.2, -0.15) is 0 Å². The fourth-order valence-corrected chi connectivity index (χ4v) is 3.91. The molecule has 0 radical (unpaired) electrons. The van der Waals surface area contributed by atoms with E-state index in [1.54, 1.807) is 7.05 Å². The number of hydrogen-bond acceptors (Lipinski definition) is 6.